The highest BCUT2D eigenvalue weighted by Gasteiger charge is 2.25. The minimum absolute atomic E-state index is 0.0675. The maximum Gasteiger partial charge on any atom is 0.182 e. The minimum Gasteiger partial charge on any atom is -0.305 e. The third-order valence-corrected chi connectivity index (χ3v) is 4.08. The van der Waals surface area contributed by atoms with E-state index in [4.69, 9.17) is 23.2 Å². The molecule has 0 fully saturated rings. The lowest BCUT2D eigenvalue weighted by Crippen LogP contribution is -2.41. The fraction of sp³-hybridized carbons (Fsp3) is 0.308. The molecule has 2 aromatic rings. The van der Waals surface area contributed by atoms with Crippen LogP contribution in [-0.4, -0.2) is 23.2 Å². The zero-order valence-electron chi connectivity index (χ0n) is 9.82. The van der Waals surface area contributed by atoms with Gasteiger partial charge in [0.1, 0.15) is 10.9 Å². The summed E-state index contributed by atoms with van der Waals surface area (Å²) in [6, 6.07) is 7.12. The number of benzene rings is 1. The van der Waals surface area contributed by atoms with E-state index >= 15 is 0 Å². The smallest absolute Gasteiger partial charge is 0.182 e. The molecule has 2 nitrogen and oxygen atoms in total. The molecule has 0 bridgehead atoms. The molecule has 1 unspecified atom stereocenters. The average Bonchev–Trinajstić information content (AvgIpc) is 2.81. The Morgan fingerprint density at radius 1 is 1.39 bits per heavy atom. The van der Waals surface area contributed by atoms with Crippen molar-refractivity contribution in [3.05, 3.63) is 35.2 Å². The molecule has 5 heteroatoms. The summed E-state index contributed by atoms with van der Waals surface area (Å²) in [4.78, 5) is 11.6. The zero-order valence-corrected chi connectivity index (χ0v) is 12.1. The number of likely N-dealkylation sites (N-methyl/N-ethyl adjacent to an activating group) is 1. The molecule has 1 atom stereocenters. The summed E-state index contributed by atoms with van der Waals surface area (Å²) in [5.41, 5.74) is 0.641. The van der Waals surface area contributed by atoms with Gasteiger partial charge in [-0.3, -0.25) is 4.79 Å². The Balaban J connectivity index is 2.30. The van der Waals surface area contributed by atoms with Crippen LogP contribution in [0.25, 0.3) is 10.1 Å². The molecule has 0 aliphatic heterocycles. The van der Waals surface area contributed by atoms with Crippen molar-refractivity contribution in [2.75, 3.05) is 6.54 Å². The second kappa shape index (κ2) is 6.02. The van der Waals surface area contributed by atoms with Gasteiger partial charge in [-0.05, 0) is 29.4 Å². The number of Topliss-reactive ketones (excluding diaryl/α,β-unsaturated/α-hetero) is 1. The highest BCUT2D eigenvalue weighted by molar-refractivity contribution is 7.17. The summed E-state index contributed by atoms with van der Waals surface area (Å²) in [5.74, 6) is -0.0675. The van der Waals surface area contributed by atoms with Crippen LogP contribution < -0.4 is 5.32 Å². The topological polar surface area (TPSA) is 29.1 Å². The van der Waals surface area contributed by atoms with Crippen molar-refractivity contribution in [2.24, 2.45) is 0 Å². The number of ketones is 1. The number of halogens is 2. The van der Waals surface area contributed by atoms with Crippen LogP contribution in [0.3, 0.4) is 0 Å². The lowest BCUT2D eigenvalue weighted by Gasteiger charge is -2.17. The van der Waals surface area contributed by atoms with Crippen LogP contribution in [0.15, 0.2) is 29.6 Å². The molecule has 1 N–H and O–H groups in total. The summed E-state index contributed by atoms with van der Waals surface area (Å²) in [5, 5.41) is 6.16. The minimum atomic E-state index is -0.753. The van der Waals surface area contributed by atoms with E-state index < -0.39 is 10.9 Å². The zero-order chi connectivity index (χ0) is 13.1. The Morgan fingerprint density at radius 2 is 2.17 bits per heavy atom. The fourth-order valence-corrected chi connectivity index (χ4v) is 3.04. The van der Waals surface area contributed by atoms with Gasteiger partial charge in [-0.25, -0.2) is 0 Å². The van der Waals surface area contributed by atoms with Gasteiger partial charge in [0.05, 0.1) is 0 Å². The number of alkyl halides is 2. The SMILES string of the molecule is CCNC(C(=O)c1ccc2ccsc2c1)C(Cl)Cl. The van der Waals surface area contributed by atoms with Crippen molar-refractivity contribution in [1.29, 1.82) is 0 Å². The molecule has 2 rings (SSSR count). The molecule has 0 amide bonds. The molecule has 96 valence electrons. The molecule has 0 radical (unpaired) electrons. The molecule has 0 aliphatic carbocycles. The number of carbonyl (C=O) groups excluding carboxylic acids is 1. The number of thiophene rings is 1. The van der Waals surface area contributed by atoms with Gasteiger partial charge in [0.25, 0.3) is 0 Å². The van der Waals surface area contributed by atoms with Gasteiger partial charge in [-0.1, -0.05) is 19.1 Å². The van der Waals surface area contributed by atoms with E-state index in [1.807, 2.05) is 36.6 Å². The van der Waals surface area contributed by atoms with E-state index in [1.165, 1.54) is 0 Å². The lowest BCUT2D eigenvalue weighted by molar-refractivity contribution is 0.0950. The van der Waals surface area contributed by atoms with E-state index in [1.54, 1.807) is 11.3 Å². The highest BCUT2D eigenvalue weighted by Crippen LogP contribution is 2.23. The number of nitrogens with one attached hydrogen (secondary N) is 1. The Kier molecular flexibility index (Phi) is 4.62. The van der Waals surface area contributed by atoms with Gasteiger partial charge in [0.15, 0.2) is 5.78 Å². The van der Waals surface area contributed by atoms with E-state index in [0.29, 0.717) is 12.1 Å². The third kappa shape index (κ3) is 2.86. The van der Waals surface area contributed by atoms with Gasteiger partial charge in [0.2, 0.25) is 0 Å². The Morgan fingerprint density at radius 3 is 2.83 bits per heavy atom. The van der Waals surface area contributed by atoms with Gasteiger partial charge in [-0.2, -0.15) is 0 Å². The molecule has 18 heavy (non-hydrogen) atoms. The molecule has 0 spiro atoms. The molecular formula is C13H13Cl2NOS. The number of fused-ring (bicyclic) bond motifs is 1. The first-order chi connectivity index (χ1) is 8.63. The van der Waals surface area contributed by atoms with Gasteiger partial charge in [-0.15, -0.1) is 34.5 Å². The summed E-state index contributed by atoms with van der Waals surface area (Å²) in [6.07, 6.45) is 0. The van der Waals surface area contributed by atoms with Crippen LogP contribution in [0.5, 0.6) is 0 Å². The average molecular weight is 302 g/mol. The predicted molar refractivity (Wildman–Crippen MR) is 79.1 cm³/mol. The maximum absolute atomic E-state index is 12.3. The second-order valence-electron chi connectivity index (χ2n) is 3.91. The van der Waals surface area contributed by atoms with Crippen LogP contribution in [0, 0.1) is 0 Å². The summed E-state index contributed by atoms with van der Waals surface area (Å²) >= 11 is 13.3. The molecule has 1 aromatic carbocycles. The highest BCUT2D eigenvalue weighted by atomic mass is 35.5. The molecular weight excluding hydrogens is 289 g/mol. The monoisotopic (exact) mass is 301 g/mol. The van der Waals surface area contributed by atoms with Crippen molar-refractivity contribution in [2.45, 2.75) is 17.8 Å². The number of hydrogen-bond donors (Lipinski definition) is 1. The fourth-order valence-electron chi connectivity index (χ4n) is 1.80. The van der Waals surface area contributed by atoms with Crippen LogP contribution >= 0.6 is 34.5 Å². The van der Waals surface area contributed by atoms with Crippen molar-refractivity contribution < 1.29 is 4.79 Å². The molecule has 1 aromatic heterocycles. The van der Waals surface area contributed by atoms with E-state index in [9.17, 15) is 4.79 Å². The van der Waals surface area contributed by atoms with Crippen LogP contribution in [0.1, 0.15) is 17.3 Å². The van der Waals surface area contributed by atoms with Crippen LogP contribution in [0.2, 0.25) is 0 Å². The second-order valence-corrected chi connectivity index (χ2v) is 6.02. The van der Waals surface area contributed by atoms with Crippen LogP contribution in [0.4, 0.5) is 0 Å². The molecule has 1 heterocycles. The Bertz CT molecular complexity index is 553. The predicted octanol–water partition coefficient (Wildman–Crippen LogP) is 3.87. The van der Waals surface area contributed by atoms with Gasteiger partial charge < -0.3 is 5.32 Å². The first-order valence-electron chi connectivity index (χ1n) is 5.66. The number of hydrogen-bond acceptors (Lipinski definition) is 3. The number of carbonyl (C=O) groups is 1. The van der Waals surface area contributed by atoms with Gasteiger partial charge in [0, 0.05) is 10.3 Å². The van der Waals surface area contributed by atoms with Crippen molar-refractivity contribution in [1.82, 2.24) is 5.32 Å². The standard InChI is InChI=1S/C13H13Cl2NOS/c1-2-16-11(13(14)15)12(17)9-4-3-8-5-6-18-10(8)7-9/h3-7,11,13,16H,2H2,1H3. The number of rotatable bonds is 5. The van der Waals surface area contributed by atoms with E-state index in [-0.39, 0.29) is 5.78 Å². The van der Waals surface area contributed by atoms with E-state index in [0.717, 1.165) is 10.1 Å². The molecule has 0 saturated carbocycles. The molecule has 0 saturated heterocycles. The van der Waals surface area contributed by atoms with Crippen molar-refractivity contribution >= 4 is 50.4 Å². The third-order valence-electron chi connectivity index (χ3n) is 2.70. The normalized spacial score (nSPS) is 13.1. The molecule has 0 aliphatic rings. The van der Waals surface area contributed by atoms with Gasteiger partial charge >= 0.3 is 0 Å². The quantitative estimate of drug-likeness (QED) is 0.671. The Labute approximate surface area is 120 Å². The largest absolute Gasteiger partial charge is 0.305 e. The Hall–Kier alpha value is -0.610. The lowest BCUT2D eigenvalue weighted by atomic mass is 10.0. The van der Waals surface area contributed by atoms with Crippen molar-refractivity contribution in [3.8, 4) is 0 Å². The first-order valence-corrected chi connectivity index (χ1v) is 7.41. The van der Waals surface area contributed by atoms with Crippen molar-refractivity contribution in [3.63, 3.8) is 0 Å². The van der Waals surface area contributed by atoms with Crippen LogP contribution in [-0.2, 0) is 0 Å². The summed E-state index contributed by atoms with van der Waals surface area (Å²) < 4.78 is 1.09. The summed E-state index contributed by atoms with van der Waals surface area (Å²) in [7, 11) is 0. The summed E-state index contributed by atoms with van der Waals surface area (Å²) in [6.45, 7) is 2.56. The van der Waals surface area contributed by atoms with E-state index in [2.05, 4.69) is 5.32 Å². The first kappa shape index (κ1) is 13.8. The maximum atomic E-state index is 12.3.